The van der Waals surface area contributed by atoms with Gasteiger partial charge in [-0.2, -0.15) is 0 Å². The maximum Gasteiger partial charge on any atom is 0.407 e. The SMILES string of the molecule is C=C(Br)CNC1CCCC1CNC(=O)OC(C)(C)C. The van der Waals surface area contributed by atoms with Crippen LogP contribution in [0.5, 0.6) is 0 Å². The highest BCUT2D eigenvalue weighted by Crippen LogP contribution is 2.25. The van der Waals surface area contributed by atoms with Crippen molar-refractivity contribution in [2.45, 2.75) is 51.7 Å². The Morgan fingerprint density at radius 3 is 2.68 bits per heavy atom. The molecule has 1 amide bonds. The van der Waals surface area contributed by atoms with Crippen LogP contribution in [0.1, 0.15) is 40.0 Å². The van der Waals surface area contributed by atoms with E-state index < -0.39 is 5.60 Å². The van der Waals surface area contributed by atoms with E-state index in [1.807, 2.05) is 20.8 Å². The molecule has 0 aromatic carbocycles. The smallest absolute Gasteiger partial charge is 0.407 e. The zero-order valence-corrected chi connectivity index (χ0v) is 13.7. The summed E-state index contributed by atoms with van der Waals surface area (Å²) in [6.07, 6.45) is 3.17. The molecule has 0 aliphatic heterocycles. The Hall–Kier alpha value is -0.550. The molecule has 0 aromatic rings. The first kappa shape index (κ1) is 16.5. The summed E-state index contributed by atoms with van der Waals surface area (Å²) in [7, 11) is 0. The van der Waals surface area contributed by atoms with Gasteiger partial charge in [-0.1, -0.05) is 28.9 Å². The van der Waals surface area contributed by atoms with Crippen LogP contribution in [0.2, 0.25) is 0 Å². The van der Waals surface area contributed by atoms with Gasteiger partial charge in [0.25, 0.3) is 0 Å². The largest absolute Gasteiger partial charge is 0.444 e. The van der Waals surface area contributed by atoms with Crippen LogP contribution >= 0.6 is 15.9 Å². The second-order valence-corrected chi connectivity index (χ2v) is 7.20. The Kier molecular flexibility index (Phi) is 6.33. The van der Waals surface area contributed by atoms with Gasteiger partial charge in [0.15, 0.2) is 0 Å². The van der Waals surface area contributed by atoms with E-state index in [-0.39, 0.29) is 6.09 Å². The van der Waals surface area contributed by atoms with Crippen LogP contribution in [-0.2, 0) is 4.74 Å². The van der Waals surface area contributed by atoms with Crippen LogP contribution < -0.4 is 10.6 Å². The monoisotopic (exact) mass is 332 g/mol. The van der Waals surface area contributed by atoms with Crippen molar-refractivity contribution in [3.63, 3.8) is 0 Å². The van der Waals surface area contributed by atoms with Gasteiger partial charge in [-0.25, -0.2) is 4.79 Å². The summed E-state index contributed by atoms with van der Waals surface area (Å²) in [5.74, 6) is 0.472. The first-order valence-electron chi connectivity index (χ1n) is 6.81. The van der Waals surface area contributed by atoms with Crippen LogP contribution in [-0.4, -0.2) is 30.8 Å². The van der Waals surface area contributed by atoms with E-state index in [1.54, 1.807) is 0 Å². The van der Waals surface area contributed by atoms with Gasteiger partial charge in [-0.3, -0.25) is 0 Å². The fourth-order valence-electron chi connectivity index (χ4n) is 2.32. The van der Waals surface area contributed by atoms with Crippen LogP contribution in [0.15, 0.2) is 11.1 Å². The highest BCUT2D eigenvalue weighted by molar-refractivity contribution is 9.11. The van der Waals surface area contributed by atoms with E-state index >= 15 is 0 Å². The fraction of sp³-hybridized carbons (Fsp3) is 0.786. The molecule has 0 spiro atoms. The van der Waals surface area contributed by atoms with Crippen LogP contribution in [0.25, 0.3) is 0 Å². The Balaban J connectivity index is 2.31. The van der Waals surface area contributed by atoms with Gasteiger partial charge >= 0.3 is 6.09 Å². The van der Waals surface area contributed by atoms with Gasteiger partial charge < -0.3 is 15.4 Å². The molecule has 0 aromatic heterocycles. The number of amides is 1. The lowest BCUT2D eigenvalue weighted by molar-refractivity contribution is 0.0517. The molecule has 2 N–H and O–H groups in total. The highest BCUT2D eigenvalue weighted by Gasteiger charge is 2.27. The van der Waals surface area contributed by atoms with Crippen molar-refractivity contribution in [3.8, 4) is 0 Å². The number of ether oxygens (including phenoxy) is 1. The lowest BCUT2D eigenvalue weighted by Gasteiger charge is -2.23. The topological polar surface area (TPSA) is 50.4 Å². The zero-order valence-electron chi connectivity index (χ0n) is 12.1. The Labute approximate surface area is 124 Å². The molecule has 0 saturated heterocycles. The average Bonchev–Trinajstić information content (AvgIpc) is 2.68. The third kappa shape index (κ3) is 6.97. The minimum absolute atomic E-state index is 0.331. The number of halogens is 1. The summed E-state index contributed by atoms with van der Waals surface area (Å²) in [5.41, 5.74) is -0.439. The molecule has 19 heavy (non-hydrogen) atoms. The van der Waals surface area contributed by atoms with Gasteiger partial charge in [-0.05, 0) is 39.5 Å². The molecule has 0 heterocycles. The molecule has 1 fully saturated rings. The summed E-state index contributed by atoms with van der Waals surface area (Å²) in [6.45, 7) is 10.9. The molecular formula is C14H25BrN2O2. The predicted octanol–water partition coefficient (Wildman–Crippen LogP) is 3.18. The summed E-state index contributed by atoms with van der Waals surface area (Å²) < 4.78 is 6.20. The van der Waals surface area contributed by atoms with Crippen molar-refractivity contribution in [2.75, 3.05) is 13.1 Å². The van der Waals surface area contributed by atoms with E-state index in [1.165, 1.54) is 6.42 Å². The Morgan fingerprint density at radius 1 is 1.42 bits per heavy atom. The van der Waals surface area contributed by atoms with E-state index in [4.69, 9.17) is 4.74 Å². The number of hydrogen-bond donors (Lipinski definition) is 2. The third-order valence-electron chi connectivity index (χ3n) is 3.12. The first-order chi connectivity index (χ1) is 8.78. The minimum Gasteiger partial charge on any atom is -0.444 e. The third-order valence-corrected chi connectivity index (χ3v) is 3.40. The fourth-order valence-corrected chi connectivity index (χ4v) is 2.48. The molecule has 4 nitrogen and oxygen atoms in total. The number of nitrogens with one attached hydrogen (secondary N) is 2. The van der Waals surface area contributed by atoms with E-state index in [0.717, 1.165) is 23.9 Å². The van der Waals surface area contributed by atoms with Crippen LogP contribution in [0.4, 0.5) is 4.79 Å². The van der Waals surface area contributed by atoms with Crippen molar-refractivity contribution in [2.24, 2.45) is 5.92 Å². The molecule has 110 valence electrons. The van der Waals surface area contributed by atoms with E-state index in [2.05, 4.69) is 33.1 Å². The molecule has 0 bridgehead atoms. The second-order valence-electron chi connectivity index (χ2n) is 6.08. The van der Waals surface area contributed by atoms with E-state index in [9.17, 15) is 4.79 Å². The number of hydrogen-bond acceptors (Lipinski definition) is 3. The van der Waals surface area contributed by atoms with Crippen molar-refractivity contribution in [3.05, 3.63) is 11.1 Å². The Morgan fingerprint density at radius 2 is 2.11 bits per heavy atom. The van der Waals surface area contributed by atoms with Crippen LogP contribution in [0, 0.1) is 5.92 Å². The summed E-state index contributed by atoms with van der Waals surface area (Å²) >= 11 is 3.35. The molecule has 1 rings (SSSR count). The lowest BCUT2D eigenvalue weighted by Crippen LogP contribution is -2.41. The first-order valence-corrected chi connectivity index (χ1v) is 7.61. The van der Waals surface area contributed by atoms with Crippen molar-refractivity contribution in [1.29, 1.82) is 0 Å². The number of rotatable bonds is 5. The summed E-state index contributed by atoms with van der Waals surface area (Å²) in [6, 6.07) is 0.448. The zero-order chi connectivity index (χ0) is 14.5. The van der Waals surface area contributed by atoms with E-state index in [0.29, 0.717) is 18.5 Å². The maximum absolute atomic E-state index is 11.6. The molecular weight excluding hydrogens is 308 g/mol. The molecule has 1 aliphatic rings. The van der Waals surface area contributed by atoms with Crippen molar-refractivity contribution in [1.82, 2.24) is 10.6 Å². The van der Waals surface area contributed by atoms with Crippen LogP contribution in [0.3, 0.4) is 0 Å². The molecule has 1 aliphatic carbocycles. The summed E-state index contributed by atoms with van der Waals surface area (Å²) in [4.78, 5) is 11.6. The number of carbonyl (C=O) groups excluding carboxylic acids is 1. The molecule has 2 atom stereocenters. The normalized spacial score (nSPS) is 23.2. The molecule has 5 heteroatoms. The summed E-state index contributed by atoms with van der Waals surface area (Å²) in [5, 5.41) is 6.33. The van der Waals surface area contributed by atoms with Gasteiger partial charge in [0.05, 0.1) is 0 Å². The second kappa shape index (κ2) is 7.29. The standard InChI is InChI=1S/C14H25BrN2O2/c1-10(15)8-16-12-7-5-6-11(12)9-17-13(18)19-14(2,3)4/h11-12,16H,1,5-9H2,2-4H3,(H,17,18). The maximum atomic E-state index is 11.6. The van der Waals surface area contributed by atoms with Crippen molar-refractivity contribution >= 4 is 22.0 Å². The quantitative estimate of drug-likeness (QED) is 0.812. The Bertz CT molecular complexity index is 326. The number of carbonyl (C=O) groups is 1. The molecule has 2 unspecified atom stereocenters. The predicted molar refractivity (Wildman–Crippen MR) is 81.4 cm³/mol. The lowest BCUT2D eigenvalue weighted by atomic mass is 10.0. The molecule has 1 saturated carbocycles. The minimum atomic E-state index is -0.439. The number of alkyl carbamates (subject to hydrolysis) is 1. The highest BCUT2D eigenvalue weighted by atomic mass is 79.9. The van der Waals surface area contributed by atoms with Gasteiger partial charge in [0, 0.05) is 23.6 Å². The average molecular weight is 333 g/mol. The van der Waals surface area contributed by atoms with Crippen molar-refractivity contribution < 1.29 is 9.53 Å². The van der Waals surface area contributed by atoms with Gasteiger partial charge in [0.1, 0.15) is 5.60 Å². The molecule has 0 radical (unpaired) electrons. The van der Waals surface area contributed by atoms with Gasteiger partial charge in [0.2, 0.25) is 0 Å². The van der Waals surface area contributed by atoms with Gasteiger partial charge in [-0.15, -0.1) is 0 Å².